The van der Waals surface area contributed by atoms with Crippen LogP contribution in [0.1, 0.15) is 54.4 Å². The molecule has 1 aromatic rings. The van der Waals surface area contributed by atoms with Gasteiger partial charge in [0.25, 0.3) is 5.91 Å². The molecule has 3 heterocycles. The molecule has 0 bridgehead atoms. The van der Waals surface area contributed by atoms with Crippen molar-refractivity contribution < 1.29 is 19.5 Å². The van der Waals surface area contributed by atoms with Crippen LogP contribution in [0.15, 0.2) is 18.2 Å². The summed E-state index contributed by atoms with van der Waals surface area (Å²) < 4.78 is 0. The number of nitrogens with zero attached hydrogens (tertiary/aromatic N) is 3. The number of imide groups is 1. The van der Waals surface area contributed by atoms with E-state index in [4.69, 9.17) is 0 Å². The number of anilines is 1. The number of piperazine rings is 1. The SMILES string of the molecule is O=C1CCC(N2Cc3ccc(N4CCN(CC5CCC(CO)CC5)CC4)cc3C2=O)C(=O)N1. The average Bonchev–Trinajstić information content (AvgIpc) is 3.15. The van der Waals surface area contributed by atoms with Crippen LogP contribution in [0.25, 0.3) is 0 Å². The Bertz CT molecular complexity index is 919. The summed E-state index contributed by atoms with van der Waals surface area (Å²) in [7, 11) is 0. The van der Waals surface area contributed by atoms with Gasteiger partial charge in [0.1, 0.15) is 6.04 Å². The number of aliphatic hydroxyl groups is 1. The zero-order chi connectivity index (χ0) is 22.9. The smallest absolute Gasteiger partial charge is 0.255 e. The van der Waals surface area contributed by atoms with Gasteiger partial charge in [-0.05, 0) is 61.6 Å². The van der Waals surface area contributed by atoms with Gasteiger partial charge in [0.2, 0.25) is 11.8 Å². The van der Waals surface area contributed by atoms with E-state index in [1.54, 1.807) is 4.90 Å². The number of piperidine rings is 1. The average molecular weight is 455 g/mol. The van der Waals surface area contributed by atoms with Crippen molar-refractivity contribution in [3.8, 4) is 0 Å². The van der Waals surface area contributed by atoms with Gasteiger partial charge in [-0.25, -0.2) is 0 Å². The number of hydrogen-bond donors (Lipinski definition) is 2. The molecule has 0 aromatic heterocycles. The number of aliphatic hydroxyl groups excluding tert-OH is 1. The molecule has 4 aliphatic rings. The Kier molecular flexibility index (Phi) is 6.38. The van der Waals surface area contributed by atoms with E-state index in [0.717, 1.165) is 62.7 Å². The Morgan fingerprint density at radius 1 is 0.939 bits per heavy atom. The first-order valence-corrected chi connectivity index (χ1v) is 12.4. The van der Waals surface area contributed by atoms with Gasteiger partial charge in [0, 0.05) is 63.5 Å². The lowest BCUT2D eigenvalue weighted by Crippen LogP contribution is -2.52. The molecule has 1 saturated carbocycles. The van der Waals surface area contributed by atoms with E-state index in [1.165, 1.54) is 12.8 Å². The second-order valence-electron chi connectivity index (χ2n) is 10.1. The van der Waals surface area contributed by atoms with Crippen molar-refractivity contribution in [2.24, 2.45) is 11.8 Å². The van der Waals surface area contributed by atoms with Crippen molar-refractivity contribution in [3.05, 3.63) is 29.3 Å². The van der Waals surface area contributed by atoms with Crippen LogP contribution in [0.3, 0.4) is 0 Å². The van der Waals surface area contributed by atoms with Crippen molar-refractivity contribution in [2.45, 2.75) is 51.1 Å². The second kappa shape index (κ2) is 9.43. The topological polar surface area (TPSA) is 93.2 Å². The summed E-state index contributed by atoms with van der Waals surface area (Å²) in [5.41, 5.74) is 2.70. The van der Waals surface area contributed by atoms with Crippen molar-refractivity contribution in [1.82, 2.24) is 15.1 Å². The number of rotatable bonds is 5. The number of hydrogen-bond acceptors (Lipinski definition) is 6. The Morgan fingerprint density at radius 3 is 2.36 bits per heavy atom. The van der Waals surface area contributed by atoms with Crippen molar-refractivity contribution in [2.75, 3.05) is 44.2 Å². The predicted molar refractivity (Wildman–Crippen MR) is 124 cm³/mol. The third-order valence-corrected chi connectivity index (χ3v) is 7.99. The van der Waals surface area contributed by atoms with Crippen molar-refractivity contribution in [3.63, 3.8) is 0 Å². The lowest BCUT2D eigenvalue weighted by molar-refractivity contribution is -0.136. The highest BCUT2D eigenvalue weighted by molar-refractivity contribution is 6.05. The second-order valence-corrected chi connectivity index (χ2v) is 10.1. The Balaban J connectivity index is 1.17. The van der Waals surface area contributed by atoms with Gasteiger partial charge in [-0.2, -0.15) is 0 Å². The Labute approximate surface area is 194 Å². The molecule has 1 aromatic carbocycles. The number of fused-ring (bicyclic) bond motifs is 1. The van der Waals surface area contributed by atoms with E-state index >= 15 is 0 Å². The van der Waals surface area contributed by atoms with E-state index in [0.29, 0.717) is 31.1 Å². The van der Waals surface area contributed by atoms with Gasteiger partial charge < -0.3 is 14.9 Å². The largest absolute Gasteiger partial charge is 0.396 e. The fraction of sp³-hybridized carbons (Fsp3) is 0.640. The molecule has 1 unspecified atom stereocenters. The molecule has 8 heteroatoms. The van der Waals surface area contributed by atoms with E-state index in [9.17, 15) is 19.5 Å². The quantitative estimate of drug-likeness (QED) is 0.653. The Morgan fingerprint density at radius 2 is 1.67 bits per heavy atom. The van der Waals surface area contributed by atoms with E-state index < -0.39 is 6.04 Å². The highest BCUT2D eigenvalue weighted by Gasteiger charge is 2.39. The molecule has 0 spiro atoms. The van der Waals surface area contributed by atoms with Crippen LogP contribution in [0.4, 0.5) is 5.69 Å². The summed E-state index contributed by atoms with van der Waals surface area (Å²) in [6.07, 6.45) is 5.42. The van der Waals surface area contributed by atoms with Gasteiger partial charge >= 0.3 is 0 Å². The zero-order valence-electron chi connectivity index (χ0n) is 19.2. The van der Waals surface area contributed by atoms with Gasteiger partial charge in [0.15, 0.2) is 0 Å². The first kappa shape index (κ1) is 22.3. The maximum absolute atomic E-state index is 13.1. The highest BCUT2D eigenvalue weighted by Crippen LogP contribution is 2.32. The molecule has 2 saturated heterocycles. The summed E-state index contributed by atoms with van der Waals surface area (Å²) in [6.45, 7) is 5.83. The lowest BCUT2D eigenvalue weighted by Gasteiger charge is -2.39. The molecule has 5 rings (SSSR count). The Hall–Kier alpha value is -2.45. The minimum absolute atomic E-state index is 0.113. The summed E-state index contributed by atoms with van der Waals surface area (Å²) in [4.78, 5) is 43.3. The fourth-order valence-corrected chi connectivity index (χ4v) is 5.89. The van der Waals surface area contributed by atoms with E-state index in [2.05, 4.69) is 21.2 Å². The van der Waals surface area contributed by atoms with E-state index in [1.807, 2.05) is 12.1 Å². The van der Waals surface area contributed by atoms with Gasteiger partial charge in [-0.3, -0.25) is 24.6 Å². The van der Waals surface area contributed by atoms with Gasteiger partial charge in [0.05, 0.1) is 0 Å². The number of carbonyl (C=O) groups is 3. The molecule has 3 amide bonds. The van der Waals surface area contributed by atoms with Gasteiger partial charge in [-0.1, -0.05) is 6.07 Å². The summed E-state index contributed by atoms with van der Waals surface area (Å²) in [6, 6.07) is 5.52. The summed E-state index contributed by atoms with van der Waals surface area (Å²) >= 11 is 0. The molecule has 1 atom stereocenters. The van der Waals surface area contributed by atoms with E-state index in [-0.39, 0.29) is 24.1 Å². The number of carbonyl (C=O) groups excluding carboxylic acids is 3. The maximum Gasteiger partial charge on any atom is 0.255 e. The molecule has 1 aliphatic carbocycles. The normalized spacial score (nSPS) is 28.8. The summed E-state index contributed by atoms with van der Waals surface area (Å²) in [5.74, 6) is 0.508. The molecule has 0 radical (unpaired) electrons. The van der Waals surface area contributed by atoms with Crippen LogP contribution < -0.4 is 10.2 Å². The number of benzene rings is 1. The summed E-state index contributed by atoms with van der Waals surface area (Å²) in [5, 5.41) is 11.7. The van der Waals surface area contributed by atoms with Crippen molar-refractivity contribution >= 4 is 23.4 Å². The van der Waals surface area contributed by atoms with Crippen LogP contribution in [-0.4, -0.2) is 78.0 Å². The molecular formula is C25H34N4O4. The standard InChI is InChI=1S/C25H34N4O4/c30-16-18-3-1-17(2-4-18)14-27-9-11-28(12-10-27)20-6-5-19-15-29(25(33)21(19)13-20)22-7-8-23(31)26-24(22)32/h5-6,13,17-18,22,30H,1-4,7-12,14-16H2,(H,26,31,32). The highest BCUT2D eigenvalue weighted by atomic mass is 16.3. The molecule has 3 fully saturated rings. The molecule has 2 N–H and O–H groups in total. The minimum atomic E-state index is -0.568. The first-order valence-electron chi connectivity index (χ1n) is 12.4. The maximum atomic E-state index is 13.1. The van der Waals surface area contributed by atoms with Crippen LogP contribution in [0.2, 0.25) is 0 Å². The number of amides is 3. The molecule has 33 heavy (non-hydrogen) atoms. The lowest BCUT2D eigenvalue weighted by atomic mass is 9.82. The molecule has 178 valence electrons. The third kappa shape index (κ3) is 4.64. The predicted octanol–water partition coefficient (Wildman–Crippen LogP) is 1.37. The minimum Gasteiger partial charge on any atom is -0.396 e. The van der Waals surface area contributed by atoms with Crippen LogP contribution in [0.5, 0.6) is 0 Å². The van der Waals surface area contributed by atoms with Crippen LogP contribution in [-0.2, 0) is 16.1 Å². The van der Waals surface area contributed by atoms with Gasteiger partial charge in [-0.15, -0.1) is 0 Å². The molecular weight excluding hydrogens is 420 g/mol. The van der Waals surface area contributed by atoms with Crippen LogP contribution >= 0.6 is 0 Å². The van der Waals surface area contributed by atoms with Crippen LogP contribution in [0, 0.1) is 11.8 Å². The molecule has 8 nitrogen and oxygen atoms in total. The number of nitrogens with one attached hydrogen (secondary N) is 1. The van der Waals surface area contributed by atoms with Crippen molar-refractivity contribution in [1.29, 1.82) is 0 Å². The fourth-order valence-electron chi connectivity index (χ4n) is 5.89. The monoisotopic (exact) mass is 454 g/mol. The first-order chi connectivity index (χ1) is 16.0. The zero-order valence-corrected chi connectivity index (χ0v) is 19.2. The third-order valence-electron chi connectivity index (χ3n) is 7.99. The molecule has 3 aliphatic heterocycles.